The average Bonchev–Trinajstić information content (AvgIpc) is 2.77. The maximum atomic E-state index is 13.2. The smallest absolute Gasteiger partial charge is 0.260 e. The second-order valence-corrected chi connectivity index (χ2v) is 8.77. The molecule has 0 unspecified atom stereocenters. The van der Waals surface area contributed by atoms with Crippen LogP contribution in [0.3, 0.4) is 0 Å². The maximum absolute atomic E-state index is 13.2. The molecule has 0 atom stereocenters. The Morgan fingerprint density at radius 2 is 1.73 bits per heavy atom. The molecule has 2 aromatic carbocycles. The van der Waals surface area contributed by atoms with Gasteiger partial charge in [-0.15, -0.1) is 0 Å². The fourth-order valence-electron chi connectivity index (χ4n) is 3.30. The van der Waals surface area contributed by atoms with Crippen molar-refractivity contribution in [1.29, 1.82) is 0 Å². The van der Waals surface area contributed by atoms with Crippen LogP contribution in [-0.4, -0.2) is 69.5 Å². The number of piperazine rings is 1. The molecule has 10 heteroatoms. The molecule has 160 valence electrons. The van der Waals surface area contributed by atoms with Crippen molar-refractivity contribution < 1.29 is 31.8 Å². The first-order valence-electron chi connectivity index (χ1n) is 9.49. The molecule has 0 N–H and O–H groups in total. The quantitative estimate of drug-likeness (QED) is 0.707. The van der Waals surface area contributed by atoms with E-state index in [-0.39, 0.29) is 49.3 Å². The van der Waals surface area contributed by atoms with Crippen LogP contribution in [-0.2, 0) is 14.8 Å². The molecule has 2 aromatic rings. The van der Waals surface area contributed by atoms with Gasteiger partial charge in [-0.2, -0.15) is 4.31 Å². The highest BCUT2D eigenvalue weighted by molar-refractivity contribution is 7.89. The molecule has 2 heterocycles. The van der Waals surface area contributed by atoms with Crippen LogP contribution < -0.4 is 14.2 Å². The monoisotopic (exact) mass is 436 g/mol. The minimum absolute atomic E-state index is 0.126. The lowest BCUT2D eigenvalue weighted by Crippen LogP contribution is -2.51. The number of carbonyl (C=O) groups is 1. The summed E-state index contributed by atoms with van der Waals surface area (Å²) in [5, 5.41) is 0. The van der Waals surface area contributed by atoms with E-state index in [1.54, 1.807) is 12.1 Å². The first kappa shape index (κ1) is 20.4. The summed E-state index contributed by atoms with van der Waals surface area (Å²) in [6.07, 6.45) is 0. The molecule has 1 amide bonds. The average molecular weight is 436 g/mol. The lowest BCUT2D eigenvalue weighted by atomic mass is 10.3. The van der Waals surface area contributed by atoms with Crippen molar-refractivity contribution in [3.63, 3.8) is 0 Å². The zero-order valence-electron chi connectivity index (χ0n) is 16.1. The van der Waals surface area contributed by atoms with Crippen LogP contribution >= 0.6 is 0 Å². The van der Waals surface area contributed by atoms with Gasteiger partial charge in [0.1, 0.15) is 24.8 Å². The summed E-state index contributed by atoms with van der Waals surface area (Å²) < 4.78 is 56.7. The molecule has 0 bridgehead atoms. The number of halogens is 1. The van der Waals surface area contributed by atoms with Crippen LogP contribution in [0.4, 0.5) is 4.39 Å². The summed E-state index contributed by atoms with van der Waals surface area (Å²) in [7, 11) is -3.72. The fourth-order valence-corrected chi connectivity index (χ4v) is 4.74. The van der Waals surface area contributed by atoms with Gasteiger partial charge in [0.25, 0.3) is 5.91 Å². The van der Waals surface area contributed by atoms with E-state index in [4.69, 9.17) is 14.2 Å². The van der Waals surface area contributed by atoms with Crippen molar-refractivity contribution in [3.8, 4) is 17.2 Å². The molecule has 1 saturated heterocycles. The van der Waals surface area contributed by atoms with Crippen molar-refractivity contribution in [3.05, 3.63) is 48.3 Å². The van der Waals surface area contributed by atoms with Crippen LogP contribution in [0.25, 0.3) is 0 Å². The molecule has 2 aliphatic rings. The number of hydrogen-bond acceptors (Lipinski definition) is 6. The van der Waals surface area contributed by atoms with Crippen molar-refractivity contribution in [2.45, 2.75) is 4.90 Å². The predicted octanol–water partition coefficient (Wildman–Crippen LogP) is 1.51. The van der Waals surface area contributed by atoms with Crippen LogP contribution in [0.2, 0.25) is 0 Å². The Bertz CT molecular complexity index is 1040. The summed E-state index contributed by atoms with van der Waals surface area (Å²) in [5.74, 6) is 0.469. The van der Waals surface area contributed by atoms with Crippen LogP contribution in [0.5, 0.6) is 17.2 Å². The van der Waals surface area contributed by atoms with E-state index in [1.807, 2.05) is 0 Å². The molecule has 4 rings (SSSR count). The number of fused-ring (bicyclic) bond motifs is 1. The molecule has 1 fully saturated rings. The molecule has 0 saturated carbocycles. The second kappa shape index (κ2) is 8.49. The molecular formula is C20H21FN2O6S. The Kier molecular flexibility index (Phi) is 5.78. The third kappa shape index (κ3) is 4.34. The van der Waals surface area contributed by atoms with Gasteiger partial charge in [-0.05, 0) is 24.3 Å². The van der Waals surface area contributed by atoms with Gasteiger partial charge in [-0.3, -0.25) is 4.79 Å². The number of carbonyl (C=O) groups excluding carboxylic acids is 1. The summed E-state index contributed by atoms with van der Waals surface area (Å²) in [4.78, 5) is 14.0. The zero-order valence-corrected chi connectivity index (χ0v) is 16.9. The summed E-state index contributed by atoms with van der Waals surface area (Å²) in [5.41, 5.74) is 0. The molecule has 30 heavy (non-hydrogen) atoms. The number of rotatable bonds is 5. The normalized spacial score (nSPS) is 16.9. The first-order chi connectivity index (χ1) is 14.4. The highest BCUT2D eigenvalue weighted by atomic mass is 32.2. The molecular weight excluding hydrogens is 415 g/mol. The standard InChI is InChI=1S/C20H21FN2O6S/c21-15-2-1-3-16(12-15)29-14-20(24)22-6-8-23(9-7-22)30(25,26)17-4-5-18-19(13-17)28-11-10-27-18/h1-5,12-13H,6-11,14H2. The fraction of sp³-hybridized carbons (Fsp3) is 0.350. The van der Waals surface area contributed by atoms with E-state index in [1.165, 1.54) is 39.5 Å². The second-order valence-electron chi connectivity index (χ2n) is 6.84. The largest absolute Gasteiger partial charge is 0.486 e. The number of amides is 1. The van der Waals surface area contributed by atoms with Crippen LogP contribution in [0.1, 0.15) is 0 Å². The molecule has 0 aliphatic carbocycles. The lowest BCUT2D eigenvalue weighted by Gasteiger charge is -2.34. The highest BCUT2D eigenvalue weighted by Crippen LogP contribution is 2.33. The van der Waals surface area contributed by atoms with Gasteiger partial charge in [0, 0.05) is 38.3 Å². The van der Waals surface area contributed by atoms with Crippen molar-refractivity contribution in [2.75, 3.05) is 46.0 Å². The third-order valence-corrected chi connectivity index (χ3v) is 6.80. The van der Waals surface area contributed by atoms with Gasteiger partial charge in [-0.25, -0.2) is 12.8 Å². The Labute approximate surface area is 173 Å². The first-order valence-corrected chi connectivity index (χ1v) is 10.9. The van der Waals surface area contributed by atoms with Gasteiger partial charge in [0.05, 0.1) is 4.90 Å². The summed E-state index contributed by atoms with van der Waals surface area (Å²) >= 11 is 0. The van der Waals surface area contributed by atoms with Gasteiger partial charge in [0.15, 0.2) is 18.1 Å². The van der Waals surface area contributed by atoms with Gasteiger partial charge in [0.2, 0.25) is 10.0 Å². The van der Waals surface area contributed by atoms with E-state index in [9.17, 15) is 17.6 Å². The molecule has 0 radical (unpaired) electrons. The summed E-state index contributed by atoms with van der Waals surface area (Å²) in [6.45, 7) is 1.39. The Morgan fingerprint density at radius 3 is 2.47 bits per heavy atom. The lowest BCUT2D eigenvalue weighted by molar-refractivity contribution is -0.134. The van der Waals surface area contributed by atoms with E-state index < -0.39 is 15.8 Å². The SMILES string of the molecule is O=C(COc1cccc(F)c1)N1CCN(S(=O)(=O)c2ccc3c(c2)OCCO3)CC1. The molecule has 2 aliphatic heterocycles. The Balaban J connectivity index is 1.35. The number of benzene rings is 2. The van der Waals surface area contributed by atoms with Crippen LogP contribution in [0, 0.1) is 5.82 Å². The van der Waals surface area contributed by atoms with Gasteiger partial charge in [-0.1, -0.05) is 6.07 Å². The number of sulfonamides is 1. The van der Waals surface area contributed by atoms with E-state index in [0.29, 0.717) is 24.7 Å². The number of ether oxygens (including phenoxy) is 3. The van der Waals surface area contributed by atoms with Gasteiger partial charge < -0.3 is 19.1 Å². The van der Waals surface area contributed by atoms with Crippen molar-refractivity contribution in [2.24, 2.45) is 0 Å². The number of nitrogens with zero attached hydrogens (tertiary/aromatic N) is 2. The minimum Gasteiger partial charge on any atom is -0.486 e. The van der Waals surface area contributed by atoms with E-state index in [2.05, 4.69) is 0 Å². The minimum atomic E-state index is -3.72. The number of hydrogen-bond donors (Lipinski definition) is 0. The van der Waals surface area contributed by atoms with Gasteiger partial charge >= 0.3 is 0 Å². The zero-order chi connectivity index (χ0) is 21.1. The van der Waals surface area contributed by atoms with E-state index >= 15 is 0 Å². The highest BCUT2D eigenvalue weighted by Gasteiger charge is 2.31. The van der Waals surface area contributed by atoms with Crippen molar-refractivity contribution >= 4 is 15.9 Å². The Hall–Kier alpha value is -2.85. The van der Waals surface area contributed by atoms with Crippen LogP contribution in [0.15, 0.2) is 47.4 Å². The summed E-state index contributed by atoms with van der Waals surface area (Å²) in [6, 6.07) is 10.1. The topological polar surface area (TPSA) is 85.4 Å². The van der Waals surface area contributed by atoms with Crippen molar-refractivity contribution in [1.82, 2.24) is 9.21 Å². The molecule has 8 nitrogen and oxygen atoms in total. The third-order valence-electron chi connectivity index (χ3n) is 4.90. The maximum Gasteiger partial charge on any atom is 0.260 e. The molecule has 0 spiro atoms. The van der Waals surface area contributed by atoms with E-state index in [0.717, 1.165) is 0 Å². The predicted molar refractivity (Wildman–Crippen MR) is 105 cm³/mol. The molecule has 0 aromatic heterocycles. The Morgan fingerprint density at radius 1 is 1.00 bits per heavy atom.